The number of amides is 2. The van der Waals surface area contributed by atoms with Crippen molar-refractivity contribution in [1.82, 2.24) is 15.1 Å². The van der Waals surface area contributed by atoms with Gasteiger partial charge in [-0.3, -0.25) is 14.5 Å². The van der Waals surface area contributed by atoms with Crippen LogP contribution in [0.2, 0.25) is 0 Å². The fraction of sp³-hybridized carbons (Fsp3) is 0.417. The summed E-state index contributed by atoms with van der Waals surface area (Å²) in [5, 5.41) is 5.47. The summed E-state index contributed by atoms with van der Waals surface area (Å²) < 4.78 is 10.5. The monoisotopic (exact) mass is 440 g/mol. The van der Waals surface area contributed by atoms with E-state index in [0.717, 1.165) is 43.1 Å². The molecule has 2 amide bonds. The Labute approximate surface area is 189 Å². The zero-order valence-corrected chi connectivity index (χ0v) is 19.2. The number of carbonyl (C=O) groups is 2. The van der Waals surface area contributed by atoms with Crippen LogP contribution in [0.25, 0.3) is 0 Å². The Morgan fingerprint density at radius 2 is 1.66 bits per heavy atom. The molecule has 0 aliphatic carbocycles. The first-order valence-corrected chi connectivity index (χ1v) is 10.7. The molecule has 0 aromatic heterocycles. The minimum Gasteiger partial charge on any atom is -0.497 e. The third-order valence-corrected chi connectivity index (χ3v) is 5.74. The average molecular weight is 441 g/mol. The fourth-order valence-electron chi connectivity index (χ4n) is 3.79. The topological polar surface area (TPSA) is 83.1 Å². The van der Waals surface area contributed by atoms with Crippen molar-refractivity contribution in [2.75, 3.05) is 59.3 Å². The summed E-state index contributed by atoms with van der Waals surface area (Å²) >= 11 is 0. The lowest BCUT2D eigenvalue weighted by atomic mass is 10.0. The highest BCUT2D eigenvalue weighted by molar-refractivity contribution is 6.39. The second-order valence-corrected chi connectivity index (χ2v) is 8.00. The van der Waals surface area contributed by atoms with E-state index in [1.165, 1.54) is 7.11 Å². The number of likely N-dealkylation sites (N-methyl/N-ethyl adjacent to an activating group) is 1. The summed E-state index contributed by atoms with van der Waals surface area (Å²) in [5.41, 5.74) is 2.49. The summed E-state index contributed by atoms with van der Waals surface area (Å²) in [4.78, 5) is 29.7. The molecule has 1 atom stereocenters. The predicted octanol–water partition coefficient (Wildman–Crippen LogP) is 2.06. The summed E-state index contributed by atoms with van der Waals surface area (Å²) in [6.45, 7) is 5.91. The van der Waals surface area contributed by atoms with Crippen LogP contribution in [0.4, 0.5) is 5.69 Å². The van der Waals surface area contributed by atoms with Crippen molar-refractivity contribution in [2.45, 2.75) is 13.0 Å². The van der Waals surface area contributed by atoms with Gasteiger partial charge in [0.05, 0.1) is 25.9 Å². The van der Waals surface area contributed by atoms with Crippen LogP contribution in [-0.2, 0) is 9.59 Å². The van der Waals surface area contributed by atoms with Crippen molar-refractivity contribution >= 4 is 17.5 Å². The van der Waals surface area contributed by atoms with Crippen molar-refractivity contribution in [3.63, 3.8) is 0 Å². The van der Waals surface area contributed by atoms with Gasteiger partial charge in [0.25, 0.3) is 0 Å². The van der Waals surface area contributed by atoms with E-state index in [0.29, 0.717) is 18.0 Å². The second kappa shape index (κ2) is 11.0. The first-order valence-electron chi connectivity index (χ1n) is 10.7. The molecule has 8 heteroatoms. The molecule has 1 aliphatic heterocycles. The van der Waals surface area contributed by atoms with Gasteiger partial charge >= 0.3 is 11.8 Å². The van der Waals surface area contributed by atoms with Crippen LogP contribution in [-0.4, -0.2) is 75.6 Å². The Morgan fingerprint density at radius 1 is 0.969 bits per heavy atom. The van der Waals surface area contributed by atoms with E-state index < -0.39 is 11.8 Å². The lowest BCUT2D eigenvalue weighted by Crippen LogP contribution is -2.49. The fourth-order valence-corrected chi connectivity index (χ4v) is 3.79. The van der Waals surface area contributed by atoms with Crippen LogP contribution in [0.3, 0.4) is 0 Å². The number of rotatable bonds is 7. The second-order valence-electron chi connectivity index (χ2n) is 8.00. The number of hydrogen-bond donors (Lipinski definition) is 2. The van der Waals surface area contributed by atoms with E-state index in [9.17, 15) is 9.59 Å². The molecular weight excluding hydrogens is 408 g/mol. The molecule has 0 unspecified atom stereocenters. The molecule has 0 bridgehead atoms. The quantitative estimate of drug-likeness (QED) is 0.642. The highest BCUT2D eigenvalue weighted by Gasteiger charge is 2.26. The zero-order chi connectivity index (χ0) is 23.1. The third kappa shape index (κ3) is 5.99. The molecule has 1 fully saturated rings. The molecule has 1 saturated heterocycles. The van der Waals surface area contributed by atoms with E-state index in [1.54, 1.807) is 19.2 Å². The van der Waals surface area contributed by atoms with Gasteiger partial charge in [-0.05, 0) is 49.4 Å². The minimum atomic E-state index is -0.722. The van der Waals surface area contributed by atoms with E-state index in [1.807, 2.05) is 37.3 Å². The van der Waals surface area contributed by atoms with Gasteiger partial charge in [-0.1, -0.05) is 18.2 Å². The Morgan fingerprint density at radius 3 is 2.28 bits per heavy atom. The zero-order valence-electron chi connectivity index (χ0n) is 19.2. The number of nitrogens with one attached hydrogen (secondary N) is 2. The number of hydrogen-bond acceptors (Lipinski definition) is 6. The number of aryl methyl sites for hydroxylation is 1. The van der Waals surface area contributed by atoms with Gasteiger partial charge in [0.1, 0.15) is 11.5 Å². The Balaban J connectivity index is 1.68. The number of anilines is 1. The van der Waals surface area contributed by atoms with Crippen molar-refractivity contribution in [2.24, 2.45) is 0 Å². The van der Waals surface area contributed by atoms with Crippen LogP contribution in [0.15, 0.2) is 42.5 Å². The molecule has 8 nitrogen and oxygen atoms in total. The molecule has 32 heavy (non-hydrogen) atoms. The van der Waals surface area contributed by atoms with E-state index >= 15 is 0 Å². The van der Waals surface area contributed by atoms with Crippen LogP contribution in [0.5, 0.6) is 11.5 Å². The molecule has 172 valence electrons. The number of piperazine rings is 1. The summed E-state index contributed by atoms with van der Waals surface area (Å²) in [6, 6.07) is 13.2. The first-order chi connectivity index (χ1) is 15.4. The molecule has 3 rings (SSSR count). The number of ether oxygens (including phenoxy) is 2. The van der Waals surface area contributed by atoms with E-state index in [-0.39, 0.29) is 6.04 Å². The summed E-state index contributed by atoms with van der Waals surface area (Å²) in [6.07, 6.45) is 0. The number of methoxy groups -OCH3 is 2. The molecular formula is C24H32N4O4. The normalized spacial score (nSPS) is 15.6. The standard InChI is InChI=1S/C24H32N4O4/c1-17-5-10-22(32-4)20(15-17)26-24(30)23(29)25-16-21(28-13-11-27(2)12-14-28)18-6-8-19(31-3)9-7-18/h5-10,15,21H,11-14,16H2,1-4H3,(H,25,29)(H,26,30)/t21-/m0/s1. The highest BCUT2D eigenvalue weighted by atomic mass is 16.5. The number of benzene rings is 2. The smallest absolute Gasteiger partial charge is 0.313 e. The van der Waals surface area contributed by atoms with Gasteiger partial charge in [0.2, 0.25) is 0 Å². The first kappa shape index (κ1) is 23.6. The molecule has 0 radical (unpaired) electrons. The third-order valence-electron chi connectivity index (χ3n) is 5.74. The molecule has 0 spiro atoms. The van der Waals surface area contributed by atoms with Gasteiger partial charge in [-0.25, -0.2) is 0 Å². The average Bonchev–Trinajstić information content (AvgIpc) is 2.80. The van der Waals surface area contributed by atoms with Gasteiger partial charge in [0, 0.05) is 32.7 Å². The van der Waals surface area contributed by atoms with Gasteiger partial charge < -0.3 is 25.0 Å². The Bertz CT molecular complexity index is 924. The molecule has 2 aromatic rings. The van der Waals surface area contributed by atoms with Gasteiger partial charge in [-0.15, -0.1) is 0 Å². The lowest BCUT2D eigenvalue weighted by molar-refractivity contribution is -0.136. The number of carbonyl (C=O) groups excluding carboxylic acids is 2. The summed E-state index contributed by atoms with van der Waals surface area (Å²) in [7, 11) is 5.26. The van der Waals surface area contributed by atoms with Gasteiger partial charge in [0.15, 0.2) is 0 Å². The van der Waals surface area contributed by atoms with Crippen molar-refractivity contribution in [3.05, 3.63) is 53.6 Å². The van der Waals surface area contributed by atoms with Crippen LogP contribution >= 0.6 is 0 Å². The molecule has 2 N–H and O–H groups in total. The van der Waals surface area contributed by atoms with E-state index in [2.05, 4.69) is 27.5 Å². The molecule has 1 aliphatic rings. The molecule has 1 heterocycles. The molecule has 0 saturated carbocycles. The maximum absolute atomic E-state index is 12.6. The Hall–Kier alpha value is -3.10. The minimum absolute atomic E-state index is 0.0418. The maximum atomic E-state index is 12.6. The lowest BCUT2D eigenvalue weighted by Gasteiger charge is -2.38. The number of nitrogens with zero attached hydrogens (tertiary/aromatic N) is 2. The van der Waals surface area contributed by atoms with E-state index in [4.69, 9.17) is 9.47 Å². The van der Waals surface area contributed by atoms with Crippen LogP contribution < -0.4 is 20.1 Å². The van der Waals surface area contributed by atoms with Gasteiger partial charge in [-0.2, -0.15) is 0 Å². The maximum Gasteiger partial charge on any atom is 0.313 e. The Kier molecular flexibility index (Phi) is 8.08. The highest BCUT2D eigenvalue weighted by Crippen LogP contribution is 2.26. The SMILES string of the molecule is COc1ccc([C@H](CNC(=O)C(=O)Nc2cc(C)ccc2OC)N2CCN(C)CC2)cc1. The molecule has 2 aromatic carbocycles. The summed E-state index contributed by atoms with van der Waals surface area (Å²) in [5.74, 6) is -0.117. The van der Waals surface area contributed by atoms with Crippen molar-refractivity contribution < 1.29 is 19.1 Å². The van der Waals surface area contributed by atoms with Crippen LogP contribution in [0.1, 0.15) is 17.2 Å². The largest absolute Gasteiger partial charge is 0.497 e. The van der Waals surface area contributed by atoms with Crippen molar-refractivity contribution in [3.8, 4) is 11.5 Å². The van der Waals surface area contributed by atoms with Crippen molar-refractivity contribution in [1.29, 1.82) is 0 Å². The van der Waals surface area contributed by atoms with Crippen LogP contribution in [0, 0.1) is 6.92 Å². The predicted molar refractivity (Wildman–Crippen MR) is 124 cm³/mol.